The van der Waals surface area contributed by atoms with Gasteiger partial charge in [0.2, 0.25) is 0 Å². The Kier molecular flexibility index (Phi) is 5.02. The van der Waals surface area contributed by atoms with Crippen molar-refractivity contribution in [2.75, 3.05) is 5.43 Å². The molecular formula is C24H20N2O2. The highest BCUT2D eigenvalue weighted by Gasteiger charge is 2.08. The first-order chi connectivity index (χ1) is 13.7. The van der Waals surface area contributed by atoms with Crippen LogP contribution in [0.5, 0.6) is 0 Å². The van der Waals surface area contributed by atoms with Gasteiger partial charge in [0.1, 0.15) is 5.58 Å². The quantitative estimate of drug-likeness (QED) is 0.280. The van der Waals surface area contributed by atoms with Gasteiger partial charge in [0.05, 0.1) is 17.0 Å². The smallest absolute Gasteiger partial charge is 0.344 e. The molecule has 4 rings (SSSR count). The van der Waals surface area contributed by atoms with E-state index in [9.17, 15) is 4.79 Å². The van der Waals surface area contributed by atoms with E-state index in [1.807, 2.05) is 78.9 Å². The lowest BCUT2D eigenvalue weighted by Gasteiger charge is -2.07. The van der Waals surface area contributed by atoms with Crippen LogP contribution in [-0.4, -0.2) is 5.71 Å². The van der Waals surface area contributed by atoms with E-state index in [1.54, 1.807) is 6.07 Å². The van der Waals surface area contributed by atoms with Crippen molar-refractivity contribution in [1.82, 2.24) is 0 Å². The first-order valence-electron chi connectivity index (χ1n) is 9.26. The minimum absolute atomic E-state index is 0.349. The number of hydrogen-bond acceptors (Lipinski definition) is 4. The molecule has 4 nitrogen and oxygen atoms in total. The van der Waals surface area contributed by atoms with Crippen LogP contribution >= 0.6 is 0 Å². The summed E-state index contributed by atoms with van der Waals surface area (Å²) in [5.41, 5.74) is 7.48. The molecule has 1 heterocycles. The van der Waals surface area contributed by atoms with Crippen LogP contribution in [-0.2, 0) is 0 Å². The van der Waals surface area contributed by atoms with Gasteiger partial charge in [0, 0.05) is 11.5 Å². The fraction of sp³-hybridized carbons (Fsp3) is 0.0833. The van der Waals surface area contributed by atoms with Crippen LogP contribution in [0.15, 0.2) is 99.2 Å². The predicted molar refractivity (Wildman–Crippen MR) is 115 cm³/mol. The molecule has 0 aliphatic heterocycles. The normalized spacial score (nSPS) is 11.5. The molecule has 0 saturated heterocycles. The Morgan fingerprint density at radius 3 is 2.36 bits per heavy atom. The number of benzene rings is 3. The highest BCUT2D eigenvalue weighted by atomic mass is 16.4. The Morgan fingerprint density at radius 1 is 0.929 bits per heavy atom. The van der Waals surface area contributed by atoms with Gasteiger partial charge in [-0.15, -0.1) is 0 Å². The Morgan fingerprint density at radius 2 is 1.64 bits per heavy atom. The molecular weight excluding hydrogens is 348 g/mol. The summed E-state index contributed by atoms with van der Waals surface area (Å²) in [6.07, 6.45) is 0.806. The van der Waals surface area contributed by atoms with Crippen LogP contribution in [0.2, 0.25) is 0 Å². The minimum Gasteiger partial charge on any atom is -0.422 e. The van der Waals surface area contributed by atoms with Gasteiger partial charge < -0.3 is 4.42 Å². The van der Waals surface area contributed by atoms with E-state index >= 15 is 0 Å². The van der Waals surface area contributed by atoms with Crippen LogP contribution < -0.4 is 11.1 Å². The molecule has 0 saturated carbocycles. The van der Waals surface area contributed by atoms with Crippen molar-refractivity contribution in [2.24, 2.45) is 5.10 Å². The third-order valence-corrected chi connectivity index (χ3v) is 4.58. The molecule has 1 N–H and O–H groups in total. The Hall–Kier alpha value is -3.66. The highest BCUT2D eigenvalue weighted by Crippen LogP contribution is 2.23. The maximum Gasteiger partial charge on any atom is 0.344 e. The molecule has 0 aliphatic carbocycles. The number of hydrazone groups is 1. The molecule has 28 heavy (non-hydrogen) atoms. The number of nitrogens with zero attached hydrogens (tertiary/aromatic N) is 1. The number of fused-ring (bicyclic) bond motifs is 1. The van der Waals surface area contributed by atoms with Gasteiger partial charge >= 0.3 is 5.63 Å². The summed E-state index contributed by atoms with van der Waals surface area (Å²) in [7, 11) is 0. The van der Waals surface area contributed by atoms with E-state index in [0.717, 1.165) is 34.3 Å². The average Bonchev–Trinajstić information content (AvgIpc) is 2.75. The molecule has 0 bridgehead atoms. The summed E-state index contributed by atoms with van der Waals surface area (Å²) in [4.78, 5) is 12.4. The predicted octanol–water partition coefficient (Wildman–Crippen LogP) is 5.69. The van der Waals surface area contributed by atoms with Crippen molar-refractivity contribution < 1.29 is 4.42 Å². The molecule has 0 fully saturated rings. The first-order valence-corrected chi connectivity index (χ1v) is 9.26. The molecule has 0 atom stereocenters. The molecule has 0 unspecified atom stereocenters. The first kappa shape index (κ1) is 17.7. The Balaban J connectivity index is 1.65. The van der Waals surface area contributed by atoms with Gasteiger partial charge in [-0.2, -0.15) is 5.10 Å². The van der Waals surface area contributed by atoms with Gasteiger partial charge in [-0.3, -0.25) is 5.43 Å². The van der Waals surface area contributed by atoms with Gasteiger partial charge in [0.15, 0.2) is 0 Å². The second-order valence-electron chi connectivity index (χ2n) is 6.46. The molecule has 138 valence electrons. The monoisotopic (exact) mass is 368 g/mol. The largest absolute Gasteiger partial charge is 0.422 e. The molecule has 1 aromatic heterocycles. The van der Waals surface area contributed by atoms with Crippen molar-refractivity contribution in [2.45, 2.75) is 13.3 Å². The topological polar surface area (TPSA) is 54.6 Å². The SMILES string of the molecule is CCC(=NNc1ccc2cc(-c3ccccc3)c(=O)oc2c1)c1ccccc1. The summed E-state index contributed by atoms with van der Waals surface area (Å²) in [5.74, 6) is 0. The average molecular weight is 368 g/mol. The van der Waals surface area contributed by atoms with Gasteiger partial charge in [0.25, 0.3) is 0 Å². The van der Waals surface area contributed by atoms with Crippen molar-refractivity contribution in [1.29, 1.82) is 0 Å². The van der Waals surface area contributed by atoms with Gasteiger partial charge in [-0.1, -0.05) is 67.6 Å². The van der Waals surface area contributed by atoms with Crippen LogP contribution in [0.1, 0.15) is 18.9 Å². The Labute approximate surface area is 163 Å². The van der Waals surface area contributed by atoms with Crippen LogP contribution in [0, 0.1) is 0 Å². The molecule has 4 heteroatoms. The lowest BCUT2D eigenvalue weighted by Crippen LogP contribution is -2.04. The zero-order valence-electron chi connectivity index (χ0n) is 15.6. The minimum atomic E-state index is -0.349. The Bertz CT molecular complexity index is 1180. The van der Waals surface area contributed by atoms with Gasteiger partial charge in [-0.05, 0) is 35.7 Å². The highest BCUT2D eigenvalue weighted by molar-refractivity contribution is 6.00. The summed E-state index contributed by atoms with van der Waals surface area (Å²) < 4.78 is 5.56. The van der Waals surface area contributed by atoms with E-state index in [-0.39, 0.29) is 5.63 Å². The van der Waals surface area contributed by atoms with E-state index in [1.165, 1.54) is 0 Å². The van der Waals surface area contributed by atoms with Crippen molar-refractivity contribution in [3.63, 3.8) is 0 Å². The number of nitrogens with one attached hydrogen (secondary N) is 1. The fourth-order valence-electron chi connectivity index (χ4n) is 3.11. The molecule has 0 aliphatic rings. The van der Waals surface area contributed by atoms with E-state index < -0.39 is 0 Å². The van der Waals surface area contributed by atoms with E-state index in [2.05, 4.69) is 17.5 Å². The maximum atomic E-state index is 12.4. The summed E-state index contributed by atoms with van der Waals surface area (Å²) in [5, 5.41) is 5.39. The molecule has 0 amide bonds. The molecule has 4 aromatic rings. The fourth-order valence-corrected chi connectivity index (χ4v) is 3.11. The lowest BCUT2D eigenvalue weighted by atomic mass is 10.1. The second-order valence-corrected chi connectivity index (χ2v) is 6.46. The van der Waals surface area contributed by atoms with E-state index in [4.69, 9.17) is 4.42 Å². The molecule has 0 spiro atoms. The van der Waals surface area contributed by atoms with Crippen molar-refractivity contribution >= 4 is 22.4 Å². The van der Waals surface area contributed by atoms with E-state index in [0.29, 0.717) is 11.1 Å². The lowest BCUT2D eigenvalue weighted by molar-refractivity contribution is 0.563. The summed E-state index contributed by atoms with van der Waals surface area (Å²) >= 11 is 0. The van der Waals surface area contributed by atoms with Crippen LogP contribution in [0.3, 0.4) is 0 Å². The third kappa shape index (κ3) is 3.71. The number of anilines is 1. The third-order valence-electron chi connectivity index (χ3n) is 4.58. The molecule has 3 aromatic carbocycles. The number of rotatable bonds is 5. The zero-order chi connectivity index (χ0) is 19.3. The number of hydrogen-bond donors (Lipinski definition) is 1. The van der Waals surface area contributed by atoms with Crippen LogP contribution in [0.25, 0.3) is 22.1 Å². The van der Waals surface area contributed by atoms with Crippen LogP contribution in [0.4, 0.5) is 5.69 Å². The maximum absolute atomic E-state index is 12.4. The van der Waals surface area contributed by atoms with Crippen molar-refractivity contribution in [3.8, 4) is 11.1 Å². The summed E-state index contributed by atoms with van der Waals surface area (Å²) in [6, 6.07) is 27.1. The second kappa shape index (κ2) is 7.92. The standard InChI is InChI=1S/C24H20N2O2/c1-2-22(18-11-7-4-8-12-18)26-25-20-14-13-19-15-21(17-9-5-3-6-10-17)24(27)28-23(19)16-20/h3-16,25H,2H2,1H3. The van der Waals surface area contributed by atoms with Crippen molar-refractivity contribution in [3.05, 3.63) is 101 Å². The zero-order valence-corrected chi connectivity index (χ0v) is 15.6. The van der Waals surface area contributed by atoms with Gasteiger partial charge in [-0.25, -0.2) is 4.79 Å². The molecule has 0 radical (unpaired) electrons. The summed E-state index contributed by atoms with van der Waals surface area (Å²) in [6.45, 7) is 2.07.